The van der Waals surface area contributed by atoms with E-state index in [0.717, 1.165) is 5.56 Å². The molecule has 3 unspecified atom stereocenters. The molecule has 3 atom stereocenters. The Morgan fingerprint density at radius 3 is 2.52 bits per heavy atom. The third-order valence-corrected chi connectivity index (χ3v) is 5.45. The highest BCUT2D eigenvalue weighted by atomic mass is 16.5. The van der Waals surface area contributed by atoms with Crippen molar-refractivity contribution in [3.63, 3.8) is 0 Å². The van der Waals surface area contributed by atoms with Crippen LogP contribution in [0.25, 0.3) is 6.08 Å². The van der Waals surface area contributed by atoms with Gasteiger partial charge in [0, 0.05) is 12.5 Å². The molecule has 2 aliphatic rings. The fourth-order valence-corrected chi connectivity index (χ4v) is 3.82. The zero-order valence-corrected chi connectivity index (χ0v) is 17.2. The van der Waals surface area contributed by atoms with Gasteiger partial charge in [0.25, 0.3) is 0 Å². The maximum Gasteiger partial charge on any atom is 0.331 e. The minimum Gasteiger partial charge on any atom is -0.497 e. The maximum atomic E-state index is 12.9. The van der Waals surface area contributed by atoms with Crippen LogP contribution < -0.4 is 9.47 Å². The number of fused-ring (bicyclic) bond motifs is 1. The molecule has 0 bridgehead atoms. The van der Waals surface area contributed by atoms with E-state index in [9.17, 15) is 9.59 Å². The van der Waals surface area contributed by atoms with Crippen molar-refractivity contribution in [2.24, 2.45) is 5.92 Å². The summed E-state index contributed by atoms with van der Waals surface area (Å²) in [5, 5.41) is 0. The molecular weight excluding hydrogens is 396 g/mol. The lowest BCUT2D eigenvalue weighted by Gasteiger charge is -2.36. The largest absolute Gasteiger partial charge is 0.497 e. The summed E-state index contributed by atoms with van der Waals surface area (Å²) < 4.78 is 22.2. The predicted molar refractivity (Wildman–Crippen MR) is 114 cm³/mol. The van der Waals surface area contributed by atoms with Gasteiger partial charge in [-0.2, -0.15) is 0 Å². The molecule has 0 N–H and O–H groups in total. The molecule has 1 aliphatic heterocycles. The summed E-state index contributed by atoms with van der Waals surface area (Å²) in [6.07, 6.45) is 5.58. The Hall–Kier alpha value is -3.54. The molecule has 6 nitrogen and oxygen atoms in total. The number of ketones is 1. The number of ether oxygens (including phenoxy) is 4. The van der Waals surface area contributed by atoms with Crippen LogP contribution in [-0.4, -0.2) is 31.1 Å². The summed E-state index contributed by atoms with van der Waals surface area (Å²) in [5.41, 5.74) is 0.930. The number of allylic oxidation sites excluding steroid dienone is 1. The molecule has 0 radical (unpaired) electrons. The lowest BCUT2D eigenvalue weighted by Crippen LogP contribution is -2.42. The van der Waals surface area contributed by atoms with Crippen molar-refractivity contribution >= 4 is 17.8 Å². The molecule has 0 amide bonds. The number of carbonyl (C=O) groups is 2. The molecule has 0 saturated heterocycles. The summed E-state index contributed by atoms with van der Waals surface area (Å²) in [7, 11) is 1.59. The van der Waals surface area contributed by atoms with Crippen LogP contribution >= 0.6 is 0 Å². The molecule has 2 aromatic carbocycles. The molecule has 0 aromatic heterocycles. The van der Waals surface area contributed by atoms with E-state index in [1.807, 2.05) is 30.3 Å². The Balaban J connectivity index is 1.32. The highest BCUT2D eigenvalue weighted by molar-refractivity contribution is 5.96. The van der Waals surface area contributed by atoms with E-state index in [2.05, 4.69) is 0 Å². The molecule has 1 saturated carbocycles. The van der Waals surface area contributed by atoms with Gasteiger partial charge >= 0.3 is 5.97 Å². The van der Waals surface area contributed by atoms with Crippen LogP contribution in [0.15, 0.2) is 72.7 Å². The number of hydrogen-bond donors (Lipinski definition) is 0. The van der Waals surface area contributed by atoms with E-state index in [1.165, 1.54) is 12.3 Å². The Morgan fingerprint density at radius 2 is 1.77 bits per heavy atom. The molecule has 0 spiro atoms. The molecule has 2 aromatic rings. The SMILES string of the molecule is COc1ccc(OC2=COC3CC(OC(=O)/C=C/c4ccccc4)CCC3C2=O)cc1. The van der Waals surface area contributed by atoms with Gasteiger partial charge < -0.3 is 18.9 Å². The Morgan fingerprint density at radius 1 is 1.03 bits per heavy atom. The van der Waals surface area contributed by atoms with Gasteiger partial charge in [-0.3, -0.25) is 4.79 Å². The van der Waals surface area contributed by atoms with Gasteiger partial charge in [-0.05, 0) is 48.7 Å². The van der Waals surface area contributed by atoms with E-state index >= 15 is 0 Å². The van der Waals surface area contributed by atoms with Crippen LogP contribution in [0.4, 0.5) is 0 Å². The third-order valence-electron chi connectivity index (χ3n) is 5.45. The number of Topliss-reactive ketones (excluding diaryl/α,β-unsaturated/α-hetero) is 1. The van der Waals surface area contributed by atoms with E-state index in [-0.39, 0.29) is 29.7 Å². The minimum atomic E-state index is -0.395. The van der Waals surface area contributed by atoms with Crippen molar-refractivity contribution < 1.29 is 28.5 Å². The molecular formula is C25H24O6. The van der Waals surface area contributed by atoms with E-state index < -0.39 is 5.97 Å². The van der Waals surface area contributed by atoms with Crippen LogP contribution in [0.3, 0.4) is 0 Å². The number of esters is 1. The van der Waals surface area contributed by atoms with Crippen molar-refractivity contribution in [3.05, 3.63) is 78.3 Å². The van der Waals surface area contributed by atoms with Gasteiger partial charge in [0.15, 0.2) is 0 Å². The number of methoxy groups -OCH3 is 1. The first kappa shape index (κ1) is 20.7. The molecule has 6 heteroatoms. The van der Waals surface area contributed by atoms with E-state index in [4.69, 9.17) is 18.9 Å². The monoisotopic (exact) mass is 420 g/mol. The van der Waals surface area contributed by atoms with Gasteiger partial charge in [0.1, 0.15) is 30.0 Å². The topological polar surface area (TPSA) is 71.1 Å². The van der Waals surface area contributed by atoms with Gasteiger partial charge in [-0.15, -0.1) is 0 Å². The first-order valence-corrected chi connectivity index (χ1v) is 10.3. The average molecular weight is 420 g/mol. The highest BCUT2D eigenvalue weighted by Crippen LogP contribution is 2.35. The van der Waals surface area contributed by atoms with Crippen molar-refractivity contribution in [3.8, 4) is 11.5 Å². The molecule has 160 valence electrons. The van der Waals surface area contributed by atoms with Crippen LogP contribution in [-0.2, 0) is 19.1 Å². The Kier molecular flexibility index (Phi) is 6.36. The lowest BCUT2D eigenvalue weighted by atomic mass is 9.80. The standard InChI is InChI=1S/C25H24O6/c1-28-18-8-10-19(11-9-18)30-23-16-29-22-15-20(12-13-21(22)25(23)27)31-24(26)14-7-17-5-3-2-4-6-17/h2-11,14,16,20-22H,12-13,15H2,1H3/b14-7+. The van der Waals surface area contributed by atoms with Crippen LogP contribution in [0.1, 0.15) is 24.8 Å². The van der Waals surface area contributed by atoms with Crippen LogP contribution in [0, 0.1) is 5.92 Å². The number of benzene rings is 2. The molecule has 1 heterocycles. The lowest BCUT2D eigenvalue weighted by molar-refractivity contribution is -0.149. The van der Waals surface area contributed by atoms with Gasteiger partial charge in [-0.1, -0.05) is 30.3 Å². The van der Waals surface area contributed by atoms with Crippen molar-refractivity contribution in [2.45, 2.75) is 31.5 Å². The summed E-state index contributed by atoms with van der Waals surface area (Å²) in [4.78, 5) is 25.0. The third kappa shape index (κ3) is 5.15. The van der Waals surface area contributed by atoms with Crippen LogP contribution in [0.5, 0.6) is 11.5 Å². The molecule has 31 heavy (non-hydrogen) atoms. The normalized spacial score (nSPS) is 22.8. The second-order valence-electron chi connectivity index (χ2n) is 7.52. The zero-order valence-electron chi connectivity index (χ0n) is 17.2. The molecule has 4 rings (SSSR count). The first-order valence-electron chi connectivity index (χ1n) is 10.3. The van der Waals surface area contributed by atoms with E-state index in [1.54, 1.807) is 37.5 Å². The number of rotatable bonds is 6. The molecule has 1 fully saturated rings. The summed E-state index contributed by atoms with van der Waals surface area (Å²) in [6.45, 7) is 0. The maximum absolute atomic E-state index is 12.9. The zero-order chi connectivity index (χ0) is 21.6. The second-order valence-corrected chi connectivity index (χ2v) is 7.52. The van der Waals surface area contributed by atoms with Gasteiger partial charge in [0.05, 0.1) is 13.0 Å². The van der Waals surface area contributed by atoms with Gasteiger partial charge in [0.2, 0.25) is 11.5 Å². The summed E-state index contributed by atoms with van der Waals surface area (Å²) >= 11 is 0. The minimum absolute atomic E-state index is 0.0826. The Bertz CT molecular complexity index is 977. The average Bonchev–Trinajstić information content (AvgIpc) is 2.81. The smallest absolute Gasteiger partial charge is 0.331 e. The predicted octanol–water partition coefficient (Wildman–Crippen LogP) is 4.31. The fourth-order valence-electron chi connectivity index (χ4n) is 3.82. The second kappa shape index (κ2) is 9.51. The molecule has 1 aliphatic carbocycles. The van der Waals surface area contributed by atoms with Crippen molar-refractivity contribution in [1.82, 2.24) is 0 Å². The summed E-state index contributed by atoms with van der Waals surface area (Å²) in [6, 6.07) is 16.5. The van der Waals surface area contributed by atoms with Crippen molar-refractivity contribution in [1.29, 1.82) is 0 Å². The van der Waals surface area contributed by atoms with Crippen LogP contribution in [0.2, 0.25) is 0 Å². The number of carbonyl (C=O) groups excluding carboxylic acids is 2. The fraction of sp³-hybridized carbons (Fsp3) is 0.280. The van der Waals surface area contributed by atoms with Gasteiger partial charge in [-0.25, -0.2) is 4.79 Å². The van der Waals surface area contributed by atoms with E-state index in [0.29, 0.717) is 30.8 Å². The first-order chi connectivity index (χ1) is 15.1. The van der Waals surface area contributed by atoms with Crippen molar-refractivity contribution in [2.75, 3.05) is 7.11 Å². The number of hydrogen-bond acceptors (Lipinski definition) is 6. The quantitative estimate of drug-likeness (QED) is 0.512. The highest BCUT2D eigenvalue weighted by Gasteiger charge is 2.42. The summed E-state index contributed by atoms with van der Waals surface area (Å²) in [5.74, 6) is 0.657. The Labute approximate surface area is 181 Å².